The van der Waals surface area contributed by atoms with Crippen LogP contribution < -0.4 is 5.32 Å². The number of fused-ring (bicyclic) bond motifs is 4. The molecule has 1 amide bonds. The molecule has 3 saturated heterocycles. The number of nitrogens with one attached hydrogen (secondary N) is 1. The van der Waals surface area contributed by atoms with Gasteiger partial charge in [0.1, 0.15) is 0 Å². The van der Waals surface area contributed by atoms with E-state index in [9.17, 15) is 4.79 Å². The van der Waals surface area contributed by atoms with Gasteiger partial charge in [0.2, 0.25) is 0 Å². The van der Waals surface area contributed by atoms with E-state index in [2.05, 4.69) is 28.2 Å². The lowest BCUT2D eigenvalue weighted by Gasteiger charge is -2.44. The molecular weight excluding hydrogens is 286 g/mol. The molecular formula is C19H23N3O. The number of piperidine rings is 3. The minimum Gasteiger partial charge on any atom is -0.348 e. The van der Waals surface area contributed by atoms with Crippen LogP contribution in [0.5, 0.6) is 0 Å². The minimum absolute atomic E-state index is 0.0465. The van der Waals surface area contributed by atoms with E-state index in [0.29, 0.717) is 12.0 Å². The van der Waals surface area contributed by atoms with Crippen molar-refractivity contribution in [2.45, 2.75) is 32.2 Å². The fourth-order valence-corrected chi connectivity index (χ4v) is 3.89. The average molecular weight is 309 g/mol. The first-order valence-corrected chi connectivity index (χ1v) is 8.66. The van der Waals surface area contributed by atoms with Gasteiger partial charge in [0.25, 0.3) is 5.91 Å². The first kappa shape index (κ1) is 14.6. The predicted octanol–water partition coefficient (Wildman–Crippen LogP) is 2.62. The summed E-state index contributed by atoms with van der Waals surface area (Å²) >= 11 is 0. The molecule has 1 atom stereocenters. The van der Waals surface area contributed by atoms with Crippen LogP contribution in [0.3, 0.4) is 0 Å². The van der Waals surface area contributed by atoms with Gasteiger partial charge in [0.05, 0.1) is 5.52 Å². The maximum atomic E-state index is 12.6. The van der Waals surface area contributed by atoms with Crippen LogP contribution in [0.4, 0.5) is 0 Å². The second-order valence-electron chi connectivity index (χ2n) is 6.78. The van der Waals surface area contributed by atoms with E-state index >= 15 is 0 Å². The van der Waals surface area contributed by atoms with Crippen LogP contribution in [-0.4, -0.2) is 41.5 Å². The molecule has 3 aliphatic rings. The molecule has 23 heavy (non-hydrogen) atoms. The lowest BCUT2D eigenvalue weighted by atomic mass is 9.84. The van der Waals surface area contributed by atoms with Gasteiger partial charge in [-0.3, -0.25) is 9.78 Å². The minimum atomic E-state index is 0.0465. The van der Waals surface area contributed by atoms with Crippen molar-refractivity contribution in [2.24, 2.45) is 5.92 Å². The summed E-state index contributed by atoms with van der Waals surface area (Å²) in [4.78, 5) is 19.7. The monoisotopic (exact) mass is 309 g/mol. The molecule has 4 heterocycles. The third-order valence-electron chi connectivity index (χ3n) is 5.34. The predicted molar refractivity (Wildman–Crippen MR) is 91.5 cm³/mol. The van der Waals surface area contributed by atoms with Crippen LogP contribution in [0.15, 0.2) is 30.3 Å². The largest absolute Gasteiger partial charge is 0.348 e. The molecule has 2 aromatic rings. The van der Waals surface area contributed by atoms with Gasteiger partial charge >= 0.3 is 0 Å². The Bertz CT molecular complexity index is 734. The van der Waals surface area contributed by atoms with Gasteiger partial charge in [-0.05, 0) is 62.5 Å². The van der Waals surface area contributed by atoms with Gasteiger partial charge in [-0.1, -0.05) is 13.0 Å². The molecule has 5 rings (SSSR count). The number of amides is 1. The summed E-state index contributed by atoms with van der Waals surface area (Å²) in [6.45, 7) is 5.49. The number of aromatic nitrogens is 1. The number of nitrogens with zero attached hydrogens (tertiary/aromatic N) is 2. The van der Waals surface area contributed by atoms with E-state index in [4.69, 9.17) is 0 Å². The Morgan fingerprint density at radius 2 is 2.09 bits per heavy atom. The number of rotatable bonds is 3. The number of carbonyl (C=O) groups excluding carboxylic acids is 1. The topological polar surface area (TPSA) is 45.2 Å². The molecule has 4 heteroatoms. The Balaban J connectivity index is 1.53. The zero-order valence-electron chi connectivity index (χ0n) is 13.6. The van der Waals surface area contributed by atoms with Crippen LogP contribution in [0, 0.1) is 5.92 Å². The number of benzene rings is 1. The average Bonchev–Trinajstić information content (AvgIpc) is 2.61. The van der Waals surface area contributed by atoms with Crippen molar-refractivity contribution >= 4 is 16.8 Å². The second kappa shape index (κ2) is 5.93. The van der Waals surface area contributed by atoms with Crippen molar-refractivity contribution in [3.05, 3.63) is 41.6 Å². The van der Waals surface area contributed by atoms with Crippen molar-refractivity contribution in [3.8, 4) is 0 Å². The molecule has 3 aliphatic heterocycles. The molecule has 0 radical (unpaired) electrons. The Labute approximate surface area is 136 Å². The third kappa shape index (κ3) is 2.83. The van der Waals surface area contributed by atoms with Crippen LogP contribution in [-0.2, 0) is 6.42 Å². The van der Waals surface area contributed by atoms with Crippen molar-refractivity contribution < 1.29 is 4.79 Å². The Morgan fingerprint density at radius 1 is 1.26 bits per heavy atom. The van der Waals surface area contributed by atoms with Crippen molar-refractivity contribution in [2.75, 3.05) is 19.6 Å². The van der Waals surface area contributed by atoms with Crippen LogP contribution in [0.1, 0.15) is 35.8 Å². The smallest absolute Gasteiger partial charge is 0.251 e. The summed E-state index contributed by atoms with van der Waals surface area (Å²) in [6, 6.07) is 10.2. The van der Waals surface area contributed by atoms with E-state index in [1.54, 1.807) is 0 Å². The van der Waals surface area contributed by atoms with Crippen molar-refractivity contribution in [3.63, 3.8) is 0 Å². The van der Waals surface area contributed by atoms with E-state index in [1.165, 1.54) is 25.9 Å². The number of hydrogen-bond acceptors (Lipinski definition) is 3. The normalized spacial score (nSPS) is 26.4. The van der Waals surface area contributed by atoms with E-state index in [0.717, 1.165) is 35.1 Å². The first-order chi connectivity index (χ1) is 11.2. The molecule has 1 aromatic carbocycles. The van der Waals surface area contributed by atoms with Gasteiger partial charge in [-0.2, -0.15) is 0 Å². The quantitative estimate of drug-likeness (QED) is 0.948. The first-order valence-electron chi connectivity index (χ1n) is 8.66. The second-order valence-corrected chi connectivity index (χ2v) is 6.78. The highest BCUT2D eigenvalue weighted by atomic mass is 16.1. The standard InChI is InChI=1S/C19H23N3O/c1-2-16-5-3-14-11-15(4-6-17(14)20-16)19(23)21-18-12-22-9-7-13(18)8-10-22/h3-6,11,13,18H,2,7-10,12H2,1H3,(H,21,23). The molecule has 1 N–H and O–H groups in total. The fourth-order valence-electron chi connectivity index (χ4n) is 3.89. The van der Waals surface area contributed by atoms with E-state index < -0.39 is 0 Å². The van der Waals surface area contributed by atoms with Crippen LogP contribution in [0.25, 0.3) is 10.9 Å². The molecule has 4 nitrogen and oxygen atoms in total. The molecule has 0 aliphatic carbocycles. The summed E-state index contributed by atoms with van der Waals surface area (Å²) < 4.78 is 0. The number of aryl methyl sites for hydroxylation is 1. The van der Waals surface area contributed by atoms with Crippen molar-refractivity contribution in [1.29, 1.82) is 0 Å². The summed E-state index contributed by atoms with van der Waals surface area (Å²) in [5, 5.41) is 4.28. The van der Waals surface area contributed by atoms with Crippen LogP contribution in [0.2, 0.25) is 0 Å². The van der Waals surface area contributed by atoms with E-state index in [1.807, 2.05) is 24.3 Å². The molecule has 0 spiro atoms. The van der Waals surface area contributed by atoms with Gasteiger partial charge in [0, 0.05) is 29.2 Å². The highest BCUT2D eigenvalue weighted by Crippen LogP contribution is 2.27. The summed E-state index contributed by atoms with van der Waals surface area (Å²) in [5.41, 5.74) is 2.78. The maximum absolute atomic E-state index is 12.6. The summed E-state index contributed by atoms with van der Waals surface area (Å²) in [6.07, 6.45) is 3.36. The number of hydrogen-bond donors (Lipinski definition) is 1. The Kier molecular flexibility index (Phi) is 3.77. The van der Waals surface area contributed by atoms with Crippen molar-refractivity contribution in [1.82, 2.24) is 15.2 Å². The highest BCUT2D eigenvalue weighted by Gasteiger charge is 2.34. The zero-order chi connectivity index (χ0) is 15.8. The molecule has 1 aromatic heterocycles. The van der Waals surface area contributed by atoms with Gasteiger partial charge in [-0.25, -0.2) is 0 Å². The van der Waals surface area contributed by atoms with E-state index in [-0.39, 0.29) is 5.91 Å². The molecule has 0 saturated carbocycles. The molecule has 1 unspecified atom stereocenters. The van der Waals surface area contributed by atoms with Gasteiger partial charge < -0.3 is 10.2 Å². The number of carbonyl (C=O) groups is 1. The zero-order valence-corrected chi connectivity index (χ0v) is 13.6. The Morgan fingerprint density at radius 3 is 2.78 bits per heavy atom. The lowest BCUT2D eigenvalue weighted by Crippen LogP contribution is -2.57. The summed E-state index contributed by atoms with van der Waals surface area (Å²) in [5.74, 6) is 0.698. The van der Waals surface area contributed by atoms with Crippen LogP contribution >= 0.6 is 0 Å². The molecule has 3 fully saturated rings. The maximum Gasteiger partial charge on any atom is 0.251 e. The SMILES string of the molecule is CCc1ccc2cc(C(=O)NC3CN4CCC3CC4)ccc2n1. The van der Waals surface area contributed by atoms with Gasteiger partial charge in [0.15, 0.2) is 0 Å². The summed E-state index contributed by atoms with van der Waals surface area (Å²) in [7, 11) is 0. The molecule has 120 valence electrons. The third-order valence-corrected chi connectivity index (χ3v) is 5.34. The fraction of sp³-hybridized carbons (Fsp3) is 0.474. The molecule has 2 bridgehead atoms. The Hall–Kier alpha value is -1.94. The lowest BCUT2D eigenvalue weighted by molar-refractivity contribution is 0.0620. The van der Waals surface area contributed by atoms with Gasteiger partial charge in [-0.15, -0.1) is 0 Å². The number of pyridine rings is 1. The highest BCUT2D eigenvalue weighted by molar-refractivity contribution is 5.98.